The van der Waals surface area contributed by atoms with Crippen LogP contribution in [-0.4, -0.2) is 7.28 Å². The smallest absolute Gasteiger partial charge is 0.198 e. The lowest BCUT2D eigenvalue weighted by atomic mass is 9.57. The van der Waals surface area contributed by atoms with E-state index in [-0.39, 0.29) is 16.2 Å². The van der Waals surface area contributed by atoms with Crippen molar-refractivity contribution < 1.29 is 9.47 Å². The number of nitrogens with one attached hydrogen (secondary N) is 1. The fourth-order valence-corrected chi connectivity index (χ4v) is 11.9. The molecule has 2 heterocycles. The normalized spacial score (nSPS) is 16.0. The quantitative estimate of drug-likeness (QED) is 0.175. The standard InChI is InChI=1S/C64H54BN2O2/c1-38-31-49-50(63(4,5)30-29-62(49,2)3)35-53(38)67-54-37-59-58(68-56-23-15-16-24-57(56)69-59)36-51(54)65-61-55(67)32-41-19-11-12-20-43(41)60(61)46-33-45-44-21-13-14-22-47(44)64(6,7)48(45)34-52(46)66-42-27-25-40(26-28-42)39-17-9-8-10-18-39/h8-28,31-37,66H,29-30H2,1-7H3. The van der Waals surface area contributed by atoms with Gasteiger partial charge in [0.25, 0.3) is 0 Å². The van der Waals surface area contributed by atoms with Crippen molar-refractivity contribution in [3.8, 4) is 56.4 Å². The number of benzene rings is 9. The van der Waals surface area contributed by atoms with Gasteiger partial charge in [0.05, 0.1) is 0 Å². The number of hydrogen-bond donors (Lipinski definition) is 1. The lowest BCUT2D eigenvalue weighted by Gasteiger charge is -2.44. The van der Waals surface area contributed by atoms with Crippen molar-refractivity contribution >= 4 is 57.4 Å². The second-order valence-corrected chi connectivity index (χ2v) is 21.5. The van der Waals surface area contributed by atoms with Crippen LogP contribution >= 0.6 is 0 Å². The van der Waals surface area contributed by atoms with E-state index in [1.807, 2.05) is 24.3 Å². The molecule has 0 amide bonds. The molecule has 13 rings (SSSR count). The molecule has 1 radical (unpaired) electrons. The van der Waals surface area contributed by atoms with Gasteiger partial charge in [-0.05, 0) is 157 Å². The van der Waals surface area contributed by atoms with Gasteiger partial charge in [0.1, 0.15) is 0 Å². The molecule has 4 aliphatic rings. The van der Waals surface area contributed by atoms with E-state index in [1.165, 1.54) is 72.1 Å². The molecule has 1 N–H and O–H groups in total. The molecule has 2 aliphatic heterocycles. The summed E-state index contributed by atoms with van der Waals surface area (Å²) in [5.74, 6) is 2.85. The van der Waals surface area contributed by atoms with E-state index in [2.05, 4.69) is 212 Å². The molecule has 9 aromatic carbocycles. The first kappa shape index (κ1) is 41.7. The summed E-state index contributed by atoms with van der Waals surface area (Å²) in [7, 11) is 2.40. The van der Waals surface area contributed by atoms with Crippen molar-refractivity contribution in [3.05, 3.63) is 198 Å². The van der Waals surface area contributed by atoms with E-state index in [9.17, 15) is 0 Å². The molecule has 0 fully saturated rings. The molecule has 0 unspecified atom stereocenters. The summed E-state index contributed by atoms with van der Waals surface area (Å²) in [5.41, 5.74) is 21.7. The first-order chi connectivity index (χ1) is 33.3. The van der Waals surface area contributed by atoms with Crippen LogP contribution in [-0.2, 0) is 16.2 Å². The first-order valence-electron chi connectivity index (χ1n) is 24.5. The summed E-state index contributed by atoms with van der Waals surface area (Å²) in [5, 5.41) is 6.40. The van der Waals surface area contributed by atoms with E-state index >= 15 is 0 Å². The molecule has 4 nitrogen and oxygen atoms in total. The van der Waals surface area contributed by atoms with Gasteiger partial charge in [-0.25, -0.2) is 0 Å². The zero-order valence-corrected chi connectivity index (χ0v) is 40.4. The number of rotatable bonds is 5. The molecular weight excluding hydrogens is 840 g/mol. The van der Waals surface area contributed by atoms with Gasteiger partial charge in [0.15, 0.2) is 30.3 Å². The lowest BCUT2D eigenvalue weighted by molar-refractivity contribution is 0.332. The molecule has 335 valence electrons. The lowest BCUT2D eigenvalue weighted by Crippen LogP contribution is -2.41. The number of anilines is 5. The number of para-hydroxylation sites is 2. The molecule has 0 aromatic heterocycles. The molecule has 5 heteroatoms. The largest absolute Gasteiger partial charge is 0.450 e. The highest BCUT2D eigenvalue weighted by Gasteiger charge is 2.41. The van der Waals surface area contributed by atoms with Crippen molar-refractivity contribution in [3.63, 3.8) is 0 Å². The van der Waals surface area contributed by atoms with Crippen molar-refractivity contribution in [1.29, 1.82) is 0 Å². The highest BCUT2D eigenvalue weighted by Crippen LogP contribution is 2.55. The minimum atomic E-state index is -0.190. The zero-order valence-electron chi connectivity index (χ0n) is 40.4. The summed E-state index contributed by atoms with van der Waals surface area (Å²) < 4.78 is 13.3. The maximum absolute atomic E-state index is 6.68. The third-order valence-corrected chi connectivity index (χ3v) is 15.9. The summed E-state index contributed by atoms with van der Waals surface area (Å²) in [6.07, 6.45) is 2.29. The van der Waals surface area contributed by atoms with Crippen LogP contribution in [0.4, 0.5) is 28.4 Å². The number of hydrogen-bond acceptors (Lipinski definition) is 4. The Bertz CT molecular complexity index is 3610. The molecule has 0 bridgehead atoms. The second kappa shape index (κ2) is 15.0. The van der Waals surface area contributed by atoms with Crippen LogP contribution in [0.2, 0.25) is 0 Å². The van der Waals surface area contributed by atoms with E-state index in [0.29, 0.717) is 17.2 Å². The fraction of sp³-hybridized carbons (Fsp3) is 0.188. The van der Waals surface area contributed by atoms with Crippen LogP contribution in [0.1, 0.15) is 82.2 Å². The van der Waals surface area contributed by atoms with Gasteiger partial charge >= 0.3 is 0 Å². The van der Waals surface area contributed by atoms with Gasteiger partial charge in [0.2, 0.25) is 0 Å². The SMILES string of the molecule is Cc1cc2c(cc1N1c3cc4c(cc3[B]c3c1cc1ccccc1c3-c1cc3c(cc1Nc1ccc(-c5ccccc5)cc1)C(C)(C)c1ccccc1-3)Oc1ccccc1O4)C(C)(C)CCC2(C)C. The van der Waals surface area contributed by atoms with Crippen molar-refractivity contribution in [2.45, 2.75) is 77.6 Å². The number of aryl methyl sites for hydroxylation is 1. The third kappa shape index (κ3) is 6.50. The van der Waals surface area contributed by atoms with Crippen molar-refractivity contribution in [2.75, 3.05) is 10.2 Å². The highest BCUT2D eigenvalue weighted by molar-refractivity contribution is 6.74. The van der Waals surface area contributed by atoms with Crippen molar-refractivity contribution in [2.24, 2.45) is 0 Å². The van der Waals surface area contributed by atoms with Gasteiger partial charge in [-0.15, -0.1) is 0 Å². The van der Waals surface area contributed by atoms with Crippen LogP contribution in [0.25, 0.3) is 44.2 Å². The van der Waals surface area contributed by atoms with Gasteiger partial charge in [-0.1, -0.05) is 156 Å². The molecule has 0 spiro atoms. The Balaban J connectivity index is 1.08. The minimum absolute atomic E-state index is 0.0142. The number of fused-ring (bicyclic) bond motifs is 9. The van der Waals surface area contributed by atoms with E-state index in [4.69, 9.17) is 9.47 Å². The molecular formula is C64H54BN2O2. The minimum Gasteiger partial charge on any atom is -0.450 e. The maximum Gasteiger partial charge on any atom is 0.198 e. The molecule has 2 aliphatic carbocycles. The summed E-state index contributed by atoms with van der Waals surface area (Å²) >= 11 is 0. The topological polar surface area (TPSA) is 33.7 Å². The average Bonchev–Trinajstić information content (AvgIpc) is 3.57. The fourth-order valence-electron chi connectivity index (χ4n) is 11.9. The Labute approximate surface area is 406 Å². The number of ether oxygens (including phenoxy) is 2. The second-order valence-electron chi connectivity index (χ2n) is 21.5. The van der Waals surface area contributed by atoms with E-state index in [0.717, 1.165) is 57.8 Å². The Morgan fingerprint density at radius 3 is 1.88 bits per heavy atom. The Kier molecular flexibility index (Phi) is 9.06. The molecule has 0 saturated carbocycles. The van der Waals surface area contributed by atoms with Crippen LogP contribution in [0.5, 0.6) is 23.0 Å². The van der Waals surface area contributed by atoms with Crippen LogP contribution in [0.15, 0.2) is 170 Å². The first-order valence-corrected chi connectivity index (χ1v) is 24.5. The Morgan fingerprint density at radius 1 is 0.493 bits per heavy atom. The summed E-state index contributed by atoms with van der Waals surface area (Å²) in [6, 6.07) is 62.1. The van der Waals surface area contributed by atoms with Crippen molar-refractivity contribution in [1.82, 2.24) is 0 Å². The van der Waals surface area contributed by atoms with Gasteiger partial charge in [-0.3, -0.25) is 0 Å². The molecule has 0 atom stereocenters. The average molecular weight is 894 g/mol. The predicted molar refractivity (Wildman–Crippen MR) is 288 cm³/mol. The monoisotopic (exact) mass is 893 g/mol. The molecule has 0 saturated heterocycles. The van der Waals surface area contributed by atoms with Gasteiger partial charge in [-0.2, -0.15) is 0 Å². The highest BCUT2D eigenvalue weighted by atomic mass is 16.6. The van der Waals surface area contributed by atoms with Gasteiger partial charge < -0.3 is 19.7 Å². The summed E-state index contributed by atoms with van der Waals surface area (Å²) in [4.78, 5) is 2.53. The van der Waals surface area contributed by atoms with Crippen LogP contribution in [0, 0.1) is 6.92 Å². The Morgan fingerprint density at radius 2 is 1.13 bits per heavy atom. The number of nitrogens with zero attached hydrogens (tertiary/aromatic N) is 1. The molecule has 9 aromatic rings. The third-order valence-electron chi connectivity index (χ3n) is 15.9. The van der Waals surface area contributed by atoms with Gasteiger partial charge in [0, 0.05) is 45.5 Å². The van der Waals surface area contributed by atoms with Crippen LogP contribution < -0.4 is 30.6 Å². The van der Waals surface area contributed by atoms with Crippen LogP contribution in [0.3, 0.4) is 0 Å². The predicted octanol–water partition coefficient (Wildman–Crippen LogP) is 16.2. The van der Waals surface area contributed by atoms with E-state index < -0.39 is 0 Å². The maximum atomic E-state index is 6.68. The summed E-state index contributed by atoms with van der Waals surface area (Å²) in [6.45, 7) is 16.7. The zero-order chi connectivity index (χ0) is 47.0. The molecule has 69 heavy (non-hydrogen) atoms. The van der Waals surface area contributed by atoms with E-state index in [1.54, 1.807) is 0 Å². The Hall–Kier alpha value is -7.50.